The molecule has 3 N–H and O–H groups in total. The molecule has 0 aliphatic carbocycles. The van der Waals surface area contributed by atoms with Gasteiger partial charge >= 0.3 is 0 Å². The fraction of sp³-hybridized carbons (Fsp3) is 0.133. The zero-order valence-corrected chi connectivity index (χ0v) is 11.1. The van der Waals surface area contributed by atoms with E-state index in [1.807, 2.05) is 43.3 Å². The van der Waals surface area contributed by atoms with Crippen molar-refractivity contribution < 1.29 is 13.9 Å². The normalized spacial score (nSPS) is 10.7. The molecule has 0 bridgehead atoms. The summed E-state index contributed by atoms with van der Waals surface area (Å²) >= 11 is 0. The van der Waals surface area contributed by atoms with E-state index >= 15 is 0 Å². The van der Waals surface area contributed by atoms with Crippen molar-refractivity contribution in [1.82, 2.24) is 5.43 Å². The predicted octanol–water partition coefficient (Wildman–Crippen LogP) is 2.50. The Labute approximate surface area is 117 Å². The van der Waals surface area contributed by atoms with Crippen molar-refractivity contribution in [3.05, 3.63) is 59.6 Å². The number of hydrazine groups is 1. The molecule has 104 valence electrons. The van der Waals surface area contributed by atoms with Crippen LogP contribution in [-0.2, 0) is 6.61 Å². The Morgan fingerprint density at radius 1 is 1.40 bits per heavy atom. The van der Waals surface area contributed by atoms with Crippen molar-refractivity contribution in [2.45, 2.75) is 13.5 Å². The SMILES string of the molecule is CC=Cc1ccccc1OCc1occc1C(=O)NN. The Hall–Kier alpha value is -2.53. The molecule has 20 heavy (non-hydrogen) atoms. The number of ether oxygens (including phenoxy) is 1. The van der Waals surface area contributed by atoms with Crippen LogP contribution in [0.2, 0.25) is 0 Å². The number of furan rings is 1. The van der Waals surface area contributed by atoms with Gasteiger partial charge in [-0.15, -0.1) is 0 Å². The van der Waals surface area contributed by atoms with Crippen LogP contribution in [0.4, 0.5) is 0 Å². The Morgan fingerprint density at radius 2 is 2.20 bits per heavy atom. The highest BCUT2D eigenvalue weighted by Crippen LogP contribution is 2.21. The Bertz CT molecular complexity index is 617. The van der Waals surface area contributed by atoms with E-state index in [1.165, 1.54) is 6.26 Å². The summed E-state index contributed by atoms with van der Waals surface area (Å²) in [5, 5.41) is 0. The lowest BCUT2D eigenvalue weighted by Gasteiger charge is -2.08. The lowest BCUT2D eigenvalue weighted by Crippen LogP contribution is -2.30. The van der Waals surface area contributed by atoms with Gasteiger partial charge in [-0.25, -0.2) is 5.84 Å². The number of nitrogen functional groups attached to an aromatic ring is 1. The molecule has 0 saturated heterocycles. The molecule has 0 radical (unpaired) electrons. The second-order valence-electron chi connectivity index (χ2n) is 4.06. The van der Waals surface area contributed by atoms with Crippen molar-refractivity contribution in [1.29, 1.82) is 0 Å². The fourth-order valence-electron chi connectivity index (χ4n) is 1.80. The Morgan fingerprint density at radius 3 is 2.95 bits per heavy atom. The maximum atomic E-state index is 11.5. The molecule has 0 fully saturated rings. The standard InChI is InChI=1S/C15H16N2O3/c1-2-5-11-6-3-4-7-13(11)20-10-14-12(8-9-19-14)15(18)17-16/h2-9H,10,16H2,1H3,(H,17,18). The first-order valence-electron chi connectivity index (χ1n) is 6.18. The fourth-order valence-corrected chi connectivity index (χ4v) is 1.80. The number of nitrogens with two attached hydrogens (primary N) is 1. The minimum Gasteiger partial charge on any atom is -0.485 e. The van der Waals surface area contributed by atoms with Crippen LogP contribution >= 0.6 is 0 Å². The van der Waals surface area contributed by atoms with E-state index in [1.54, 1.807) is 6.07 Å². The molecule has 0 aliphatic heterocycles. The second kappa shape index (κ2) is 6.58. The molecule has 0 unspecified atom stereocenters. The van der Waals surface area contributed by atoms with Gasteiger partial charge < -0.3 is 9.15 Å². The summed E-state index contributed by atoms with van der Waals surface area (Å²) in [6, 6.07) is 9.19. The number of allylic oxidation sites excluding steroid dienone is 1. The third kappa shape index (κ3) is 3.07. The zero-order chi connectivity index (χ0) is 14.4. The van der Waals surface area contributed by atoms with E-state index in [0.717, 1.165) is 11.3 Å². The third-order valence-electron chi connectivity index (χ3n) is 2.75. The number of rotatable bonds is 5. The molecular formula is C15H16N2O3. The van der Waals surface area contributed by atoms with Crippen molar-refractivity contribution in [3.63, 3.8) is 0 Å². The van der Waals surface area contributed by atoms with Crippen LogP contribution in [0, 0.1) is 0 Å². The minimum absolute atomic E-state index is 0.157. The maximum absolute atomic E-state index is 11.5. The van der Waals surface area contributed by atoms with Crippen LogP contribution in [-0.4, -0.2) is 5.91 Å². The van der Waals surface area contributed by atoms with Gasteiger partial charge in [-0.3, -0.25) is 10.2 Å². The van der Waals surface area contributed by atoms with Gasteiger partial charge in [0.15, 0.2) is 5.76 Å². The predicted molar refractivity (Wildman–Crippen MR) is 75.8 cm³/mol. The average Bonchev–Trinajstić information content (AvgIpc) is 2.94. The topological polar surface area (TPSA) is 77.5 Å². The van der Waals surface area contributed by atoms with Gasteiger partial charge in [-0.05, 0) is 19.1 Å². The number of benzene rings is 1. The Balaban J connectivity index is 2.13. The number of hydrogen-bond acceptors (Lipinski definition) is 4. The molecular weight excluding hydrogens is 256 g/mol. The summed E-state index contributed by atoms with van der Waals surface area (Å²) in [7, 11) is 0. The second-order valence-corrected chi connectivity index (χ2v) is 4.06. The number of amides is 1. The van der Waals surface area contributed by atoms with E-state index in [9.17, 15) is 4.79 Å². The van der Waals surface area contributed by atoms with Crippen molar-refractivity contribution >= 4 is 12.0 Å². The van der Waals surface area contributed by atoms with Crippen LogP contribution in [0.5, 0.6) is 5.75 Å². The first-order valence-corrected chi connectivity index (χ1v) is 6.18. The van der Waals surface area contributed by atoms with Crippen molar-refractivity contribution in [3.8, 4) is 5.75 Å². The number of nitrogens with one attached hydrogen (secondary N) is 1. The lowest BCUT2D eigenvalue weighted by atomic mass is 10.2. The molecule has 5 heteroatoms. The third-order valence-corrected chi connectivity index (χ3v) is 2.75. The Kier molecular flexibility index (Phi) is 4.57. The highest BCUT2D eigenvalue weighted by molar-refractivity contribution is 5.94. The van der Waals surface area contributed by atoms with Crippen molar-refractivity contribution in [2.75, 3.05) is 0 Å². The van der Waals surface area contributed by atoms with E-state index in [4.69, 9.17) is 15.0 Å². The summed E-state index contributed by atoms with van der Waals surface area (Å²) in [5.74, 6) is 5.87. The lowest BCUT2D eigenvalue weighted by molar-refractivity contribution is 0.0949. The average molecular weight is 272 g/mol. The summed E-state index contributed by atoms with van der Waals surface area (Å²) < 4.78 is 11.0. The van der Waals surface area contributed by atoms with Crippen LogP contribution in [0.3, 0.4) is 0 Å². The summed E-state index contributed by atoms with van der Waals surface area (Å²) in [5.41, 5.74) is 3.41. The quantitative estimate of drug-likeness (QED) is 0.498. The molecule has 2 aromatic rings. The van der Waals surface area contributed by atoms with Gasteiger partial charge in [0.2, 0.25) is 0 Å². The molecule has 1 heterocycles. The van der Waals surface area contributed by atoms with Crippen LogP contribution in [0.25, 0.3) is 6.08 Å². The maximum Gasteiger partial charge on any atom is 0.268 e. The summed E-state index contributed by atoms with van der Waals surface area (Å²) in [6.45, 7) is 2.09. The van der Waals surface area contributed by atoms with E-state index < -0.39 is 5.91 Å². The van der Waals surface area contributed by atoms with Gasteiger partial charge in [-0.1, -0.05) is 30.4 Å². The van der Waals surface area contributed by atoms with Gasteiger partial charge in [0.05, 0.1) is 11.8 Å². The number of hydrogen-bond donors (Lipinski definition) is 2. The van der Waals surface area contributed by atoms with E-state index in [2.05, 4.69) is 5.43 Å². The zero-order valence-electron chi connectivity index (χ0n) is 11.1. The van der Waals surface area contributed by atoms with Gasteiger partial charge in [0.1, 0.15) is 12.4 Å². The first-order chi connectivity index (χ1) is 9.76. The summed E-state index contributed by atoms with van der Waals surface area (Å²) in [4.78, 5) is 11.5. The minimum atomic E-state index is -0.404. The largest absolute Gasteiger partial charge is 0.485 e. The van der Waals surface area contributed by atoms with Crippen LogP contribution < -0.4 is 16.0 Å². The molecule has 5 nitrogen and oxygen atoms in total. The van der Waals surface area contributed by atoms with Crippen molar-refractivity contribution in [2.24, 2.45) is 5.84 Å². The monoisotopic (exact) mass is 272 g/mol. The molecule has 1 aromatic carbocycles. The first kappa shape index (κ1) is 13.9. The molecule has 0 spiro atoms. The highest BCUT2D eigenvalue weighted by Gasteiger charge is 2.14. The summed E-state index contributed by atoms with van der Waals surface area (Å²) in [6.07, 6.45) is 5.31. The molecule has 1 aromatic heterocycles. The highest BCUT2D eigenvalue weighted by atomic mass is 16.5. The molecule has 2 rings (SSSR count). The van der Waals surface area contributed by atoms with Gasteiger partial charge in [-0.2, -0.15) is 0 Å². The molecule has 0 aliphatic rings. The van der Waals surface area contributed by atoms with Crippen LogP contribution in [0.15, 0.2) is 47.1 Å². The van der Waals surface area contributed by atoms with Crippen LogP contribution in [0.1, 0.15) is 28.6 Å². The molecule has 0 saturated carbocycles. The molecule has 0 atom stereocenters. The van der Waals surface area contributed by atoms with E-state index in [-0.39, 0.29) is 6.61 Å². The molecule has 1 amide bonds. The van der Waals surface area contributed by atoms with Gasteiger partial charge in [0, 0.05) is 5.56 Å². The number of carbonyl (C=O) groups is 1. The number of carbonyl (C=O) groups excluding carboxylic acids is 1. The van der Waals surface area contributed by atoms with E-state index in [0.29, 0.717) is 11.3 Å². The number of para-hydroxylation sites is 1. The smallest absolute Gasteiger partial charge is 0.268 e. The van der Waals surface area contributed by atoms with Gasteiger partial charge in [0.25, 0.3) is 5.91 Å².